The lowest BCUT2D eigenvalue weighted by Gasteiger charge is -2.41. The Morgan fingerprint density at radius 3 is 2.15 bits per heavy atom. The highest BCUT2D eigenvalue weighted by Gasteiger charge is 2.33. The molecule has 20 heavy (non-hydrogen) atoms. The van der Waals surface area contributed by atoms with Gasteiger partial charge in [-0.3, -0.25) is 4.90 Å². The molecule has 0 amide bonds. The SMILES string of the molecule is CCN1CCO[C@H](c2ccccc2)[C@@H]1c1ccccc1. The van der Waals surface area contributed by atoms with Gasteiger partial charge in [0.2, 0.25) is 0 Å². The molecule has 2 aromatic carbocycles. The molecule has 1 aliphatic rings. The molecular weight excluding hydrogens is 246 g/mol. The Hall–Kier alpha value is -1.64. The van der Waals surface area contributed by atoms with E-state index in [0.717, 1.165) is 19.7 Å². The molecule has 0 bridgehead atoms. The molecule has 1 fully saturated rings. The van der Waals surface area contributed by atoms with Gasteiger partial charge in [0.25, 0.3) is 0 Å². The average Bonchev–Trinajstić information content (AvgIpc) is 2.55. The van der Waals surface area contributed by atoms with Crippen LogP contribution in [-0.2, 0) is 4.74 Å². The lowest BCUT2D eigenvalue weighted by molar-refractivity contribution is -0.0733. The van der Waals surface area contributed by atoms with Crippen molar-refractivity contribution < 1.29 is 4.74 Å². The van der Waals surface area contributed by atoms with Crippen LogP contribution < -0.4 is 0 Å². The van der Waals surface area contributed by atoms with E-state index in [4.69, 9.17) is 4.74 Å². The first-order valence-corrected chi connectivity index (χ1v) is 7.35. The number of hydrogen-bond acceptors (Lipinski definition) is 2. The van der Waals surface area contributed by atoms with Gasteiger partial charge in [-0.15, -0.1) is 0 Å². The highest BCUT2D eigenvalue weighted by molar-refractivity contribution is 5.27. The second kappa shape index (κ2) is 6.21. The Bertz CT molecular complexity index is 526. The molecule has 0 aliphatic carbocycles. The van der Waals surface area contributed by atoms with Crippen molar-refractivity contribution >= 4 is 0 Å². The molecule has 2 heteroatoms. The third kappa shape index (κ3) is 2.62. The van der Waals surface area contributed by atoms with Crippen LogP contribution in [0.4, 0.5) is 0 Å². The fraction of sp³-hybridized carbons (Fsp3) is 0.333. The molecular formula is C18H21NO. The molecule has 0 radical (unpaired) electrons. The van der Waals surface area contributed by atoms with E-state index in [2.05, 4.69) is 72.5 Å². The van der Waals surface area contributed by atoms with Crippen molar-refractivity contribution in [3.63, 3.8) is 0 Å². The van der Waals surface area contributed by atoms with Crippen LogP contribution in [0.2, 0.25) is 0 Å². The van der Waals surface area contributed by atoms with Crippen molar-refractivity contribution in [3.05, 3.63) is 71.8 Å². The minimum Gasteiger partial charge on any atom is -0.370 e. The molecule has 0 unspecified atom stereocenters. The van der Waals surface area contributed by atoms with Gasteiger partial charge < -0.3 is 4.74 Å². The normalized spacial score (nSPS) is 23.6. The summed E-state index contributed by atoms with van der Waals surface area (Å²) < 4.78 is 6.12. The monoisotopic (exact) mass is 267 g/mol. The number of ether oxygens (including phenoxy) is 1. The molecule has 0 aromatic heterocycles. The van der Waals surface area contributed by atoms with Crippen LogP contribution in [0.25, 0.3) is 0 Å². The second-order valence-corrected chi connectivity index (χ2v) is 5.19. The second-order valence-electron chi connectivity index (χ2n) is 5.19. The highest BCUT2D eigenvalue weighted by atomic mass is 16.5. The molecule has 2 atom stereocenters. The van der Waals surface area contributed by atoms with E-state index in [1.807, 2.05) is 0 Å². The first-order chi connectivity index (χ1) is 9.90. The third-order valence-corrected chi connectivity index (χ3v) is 4.03. The molecule has 1 saturated heterocycles. The number of hydrogen-bond donors (Lipinski definition) is 0. The molecule has 2 aromatic rings. The fourth-order valence-corrected chi connectivity index (χ4v) is 3.03. The number of rotatable bonds is 3. The minimum atomic E-state index is 0.118. The Morgan fingerprint density at radius 1 is 0.950 bits per heavy atom. The van der Waals surface area contributed by atoms with E-state index in [1.54, 1.807) is 0 Å². The van der Waals surface area contributed by atoms with Gasteiger partial charge in [-0.25, -0.2) is 0 Å². The lowest BCUT2D eigenvalue weighted by Crippen LogP contribution is -2.41. The average molecular weight is 267 g/mol. The maximum absolute atomic E-state index is 6.12. The number of benzene rings is 2. The van der Waals surface area contributed by atoms with E-state index in [1.165, 1.54) is 11.1 Å². The van der Waals surface area contributed by atoms with Crippen LogP contribution in [0.15, 0.2) is 60.7 Å². The molecule has 1 aliphatic heterocycles. The van der Waals surface area contributed by atoms with Crippen molar-refractivity contribution in [2.45, 2.75) is 19.1 Å². The van der Waals surface area contributed by atoms with Gasteiger partial charge in [0.05, 0.1) is 12.6 Å². The molecule has 104 valence electrons. The van der Waals surface area contributed by atoms with Crippen molar-refractivity contribution in [1.82, 2.24) is 4.90 Å². The summed E-state index contributed by atoms with van der Waals surface area (Å²) in [5.74, 6) is 0. The van der Waals surface area contributed by atoms with Gasteiger partial charge in [-0.1, -0.05) is 67.6 Å². The van der Waals surface area contributed by atoms with Gasteiger partial charge in [0.15, 0.2) is 0 Å². The predicted octanol–water partition coefficient (Wildman–Crippen LogP) is 3.82. The minimum absolute atomic E-state index is 0.118. The maximum Gasteiger partial charge on any atom is 0.102 e. The standard InChI is InChI=1S/C18H21NO/c1-2-19-13-14-20-18(16-11-7-4-8-12-16)17(19)15-9-5-3-6-10-15/h3-12,17-18H,2,13-14H2,1H3/t17-,18+/m0/s1. The summed E-state index contributed by atoms with van der Waals surface area (Å²) in [5.41, 5.74) is 2.60. The number of morpholine rings is 1. The summed E-state index contributed by atoms with van der Waals surface area (Å²) in [6.45, 7) is 5.08. The summed E-state index contributed by atoms with van der Waals surface area (Å²) in [6, 6.07) is 21.6. The first kappa shape index (κ1) is 13.3. The van der Waals surface area contributed by atoms with Crippen LogP contribution in [0.1, 0.15) is 30.2 Å². The first-order valence-electron chi connectivity index (χ1n) is 7.35. The molecule has 1 heterocycles. The molecule has 3 rings (SSSR count). The topological polar surface area (TPSA) is 12.5 Å². The van der Waals surface area contributed by atoms with Crippen molar-refractivity contribution in [2.75, 3.05) is 19.7 Å². The van der Waals surface area contributed by atoms with Crippen LogP contribution in [0.5, 0.6) is 0 Å². The van der Waals surface area contributed by atoms with Gasteiger partial charge in [0.1, 0.15) is 6.10 Å². The van der Waals surface area contributed by atoms with E-state index in [-0.39, 0.29) is 6.10 Å². The summed E-state index contributed by atoms with van der Waals surface area (Å²) in [4.78, 5) is 2.51. The molecule has 2 nitrogen and oxygen atoms in total. The van der Waals surface area contributed by atoms with E-state index >= 15 is 0 Å². The van der Waals surface area contributed by atoms with Crippen LogP contribution in [0, 0.1) is 0 Å². The summed E-state index contributed by atoms with van der Waals surface area (Å²) in [5, 5.41) is 0. The zero-order valence-electron chi connectivity index (χ0n) is 11.9. The Balaban J connectivity index is 1.98. The fourth-order valence-electron chi connectivity index (χ4n) is 3.03. The van der Waals surface area contributed by atoms with Crippen LogP contribution >= 0.6 is 0 Å². The van der Waals surface area contributed by atoms with Gasteiger partial charge in [-0.05, 0) is 17.7 Å². The third-order valence-electron chi connectivity index (χ3n) is 4.03. The predicted molar refractivity (Wildman–Crippen MR) is 81.6 cm³/mol. The van der Waals surface area contributed by atoms with Crippen molar-refractivity contribution in [2.24, 2.45) is 0 Å². The van der Waals surface area contributed by atoms with Crippen LogP contribution in [0.3, 0.4) is 0 Å². The largest absolute Gasteiger partial charge is 0.370 e. The quantitative estimate of drug-likeness (QED) is 0.838. The van der Waals surface area contributed by atoms with E-state index < -0.39 is 0 Å². The van der Waals surface area contributed by atoms with Crippen molar-refractivity contribution in [3.8, 4) is 0 Å². The maximum atomic E-state index is 6.12. The van der Waals surface area contributed by atoms with Gasteiger partial charge in [0, 0.05) is 6.54 Å². The van der Waals surface area contributed by atoms with Gasteiger partial charge in [-0.2, -0.15) is 0 Å². The van der Waals surface area contributed by atoms with Gasteiger partial charge >= 0.3 is 0 Å². The number of nitrogens with zero attached hydrogens (tertiary/aromatic N) is 1. The number of likely N-dealkylation sites (N-methyl/N-ethyl adjacent to an activating group) is 1. The lowest BCUT2D eigenvalue weighted by atomic mass is 9.93. The molecule has 0 saturated carbocycles. The zero-order valence-corrected chi connectivity index (χ0v) is 11.9. The Kier molecular flexibility index (Phi) is 4.14. The zero-order chi connectivity index (χ0) is 13.8. The Morgan fingerprint density at radius 2 is 1.55 bits per heavy atom. The van der Waals surface area contributed by atoms with E-state index in [0.29, 0.717) is 6.04 Å². The summed E-state index contributed by atoms with van der Waals surface area (Å²) >= 11 is 0. The smallest absolute Gasteiger partial charge is 0.102 e. The molecule has 0 spiro atoms. The van der Waals surface area contributed by atoms with Crippen molar-refractivity contribution in [1.29, 1.82) is 0 Å². The van der Waals surface area contributed by atoms with Crippen LogP contribution in [-0.4, -0.2) is 24.6 Å². The van der Waals surface area contributed by atoms with E-state index in [9.17, 15) is 0 Å². The summed E-state index contributed by atoms with van der Waals surface area (Å²) in [7, 11) is 0. The summed E-state index contributed by atoms with van der Waals surface area (Å²) in [6.07, 6.45) is 0.118. The highest BCUT2D eigenvalue weighted by Crippen LogP contribution is 2.39. The Labute approximate surface area is 121 Å². The molecule has 0 N–H and O–H groups in total.